The molecule has 0 saturated carbocycles. The molecule has 0 unspecified atom stereocenters. The highest BCUT2D eigenvalue weighted by molar-refractivity contribution is 5.94. The van der Waals surface area contributed by atoms with Gasteiger partial charge < -0.3 is 20.1 Å². The van der Waals surface area contributed by atoms with Gasteiger partial charge in [-0.3, -0.25) is 19.6 Å². The van der Waals surface area contributed by atoms with Crippen molar-refractivity contribution in [2.45, 2.75) is 12.3 Å². The molecule has 2 N–H and O–H groups in total. The molecule has 33 heavy (non-hydrogen) atoms. The fraction of sp³-hybridized carbons (Fsp3) is 0.400. The number of alkyl halides is 3. The minimum absolute atomic E-state index is 0.0125. The highest BCUT2D eigenvalue weighted by Crippen LogP contribution is 2.33. The highest BCUT2D eigenvalue weighted by Gasteiger charge is 2.45. The van der Waals surface area contributed by atoms with Gasteiger partial charge in [-0.05, 0) is 12.1 Å². The van der Waals surface area contributed by atoms with Gasteiger partial charge in [-0.2, -0.15) is 13.2 Å². The minimum atomic E-state index is -5.08. The fourth-order valence-electron chi connectivity index (χ4n) is 3.58. The van der Waals surface area contributed by atoms with Gasteiger partial charge in [0, 0.05) is 61.8 Å². The van der Waals surface area contributed by atoms with Crippen LogP contribution in [0.1, 0.15) is 20.8 Å². The molecule has 3 atom stereocenters. The number of nitrogens with zero attached hydrogens (tertiary/aromatic N) is 4. The van der Waals surface area contributed by atoms with Gasteiger partial charge in [-0.25, -0.2) is 9.78 Å². The van der Waals surface area contributed by atoms with E-state index in [0.717, 1.165) is 0 Å². The molecule has 2 fully saturated rings. The number of aliphatic carboxylic acids is 1. The number of carboxylic acids is 1. The third-order valence-corrected chi connectivity index (χ3v) is 5.22. The van der Waals surface area contributed by atoms with E-state index in [9.17, 15) is 22.8 Å². The number of ether oxygens (including phenoxy) is 1. The van der Waals surface area contributed by atoms with Gasteiger partial charge in [0.1, 0.15) is 5.69 Å². The van der Waals surface area contributed by atoms with Gasteiger partial charge in [-0.1, -0.05) is 0 Å². The number of fused-ring (bicyclic) bond motifs is 1. The maximum Gasteiger partial charge on any atom is 0.490 e. The van der Waals surface area contributed by atoms with E-state index in [1.807, 2.05) is 0 Å². The van der Waals surface area contributed by atoms with Crippen molar-refractivity contribution in [3.63, 3.8) is 0 Å². The van der Waals surface area contributed by atoms with E-state index in [1.165, 1.54) is 12.4 Å². The van der Waals surface area contributed by atoms with Crippen molar-refractivity contribution in [2.75, 3.05) is 26.2 Å². The molecule has 2 aromatic rings. The first-order chi connectivity index (χ1) is 15.7. The quantitative estimate of drug-likeness (QED) is 0.681. The van der Waals surface area contributed by atoms with Gasteiger partial charge in [0.25, 0.3) is 11.8 Å². The van der Waals surface area contributed by atoms with E-state index in [0.29, 0.717) is 37.5 Å². The number of carbonyl (C=O) groups excluding carboxylic acids is 2. The van der Waals surface area contributed by atoms with E-state index >= 15 is 0 Å². The molecule has 2 aromatic heterocycles. The minimum Gasteiger partial charge on any atom is -0.475 e. The van der Waals surface area contributed by atoms with Crippen LogP contribution in [0, 0.1) is 11.8 Å². The van der Waals surface area contributed by atoms with Crippen LogP contribution in [-0.2, 0) is 9.53 Å². The number of rotatable bonds is 4. The van der Waals surface area contributed by atoms with Crippen LogP contribution in [0.25, 0.3) is 0 Å². The lowest BCUT2D eigenvalue weighted by molar-refractivity contribution is -0.192. The molecule has 0 spiro atoms. The molecule has 2 saturated heterocycles. The first kappa shape index (κ1) is 24.0. The standard InChI is InChI=1S/C18H19N5O3.C2HF3O2/c24-17(12-1-3-19-4-2-12)22-7-13-11-26-16-10-23(9-14(13)16)18(25)15-8-20-5-6-21-15;3-2(4,5)1(6)7/h1-6,8,13-14,16H,7,9-11H2,(H,22,24);(H,6,7)/t13-,14+,16+;/m0./s1. The first-order valence-corrected chi connectivity index (χ1v) is 9.82. The van der Waals surface area contributed by atoms with E-state index in [4.69, 9.17) is 14.6 Å². The maximum absolute atomic E-state index is 12.5. The molecule has 2 amide bonds. The number of likely N-dealkylation sites (tertiary alicyclic amines) is 1. The summed E-state index contributed by atoms with van der Waals surface area (Å²) in [5.74, 6) is -2.61. The highest BCUT2D eigenvalue weighted by atomic mass is 19.4. The second kappa shape index (κ2) is 10.3. The Labute approximate surface area is 185 Å². The second-order valence-corrected chi connectivity index (χ2v) is 7.35. The summed E-state index contributed by atoms with van der Waals surface area (Å²) < 4.78 is 37.6. The summed E-state index contributed by atoms with van der Waals surface area (Å²) in [5.41, 5.74) is 0.927. The molecule has 4 rings (SSSR count). The number of carboxylic acid groups (broad SMARTS) is 1. The van der Waals surface area contributed by atoms with Crippen LogP contribution in [0.15, 0.2) is 43.1 Å². The van der Waals surface area contributed by atoms with E-state index in [2.05, 4.69) is 20.3 Å². The van der Waals surface area contributed by atoms with Crippen LogP contribution in [0.4, 0.5) is 13.2 Å². The first-order valence-electron chi connectivity index (χ1n) is 9.82. The summed E-state index contributed by atoms with van der Waals surface area (Å²) >= 11 is 0. The van der Waals surface area contributed by atoms with Crippen LogP contribution >= 0.6 is 0 Å². The Hall–Kier alpha value is -3.61. The maximum atomic E-state index is 12.5. The van der Waals surface area contributed by atoms with Crippen molar-refractivity contribution in [1.82, 2.24) is 25.2 Å². The van der Waals surface area contributed by atoms with Crippen molar-refractivity contribution < 1.29 is 37.4 Å². The van der Waals surface area contributed by atoms with Crippen LogP contribution in [0.3, 0.4) is 0 Å². The number of carbonyl (C=O) groups is 3. The summed E-state index contributed by atoms with van der Waals surface area (Å²) in [6, 6.07) is 3.36. The normalized spacial score (nSPS) is 21.5. The topological polar surface area (TPSA) is 135 Å². The summed E-state index contributed by atoms with van der Waals surface area (Å²) in [6.07, 6.45) is 2.65. The predicted molar refractivity (Wildman–Crippen MR) is 105 cm³/mol. The number of aromatic nitrogens is 3. The molecule has 0 aliphatic carbocycles. The number of hydrogen-bond acceptors (Lipinski definition) is 7. The molecular formula is C20H20F3N5O5. The van der Waals surface area contributed by atoms with Crippen LogP contribution in [-0.4, -0.2) is 81.3 Å². The van der Waals surface area contributed by atoms with Crippen LogP contribution < -0.4 is 5.32 Å². The van der Waals surface area contributed by atoms with E-state index in [1.54, 1.807) is 35.6 Å². The van der Waals surface area contributed by atoms with Crippen LogP contribution in [0.2, 0.25) is 0 Å². The predicted octanol–water partition coefficient (Wildman–Crippen LogP) is 1.02. The zero-order chi connectivity index (χ0) is 24.0. The molecule has 2 aliphatic rings. The average molecular weight is 467 g/mol. The van der Waals surface area contributed by atoms with E-state index in [-0.39, 0.29) is 29.8 Å². The van der Waals surface area contributed by atoms with Crippen molar-refractivity contribution in [3.8, 4) is 0 Å². The van der Waals surface area contributed by atoms with E-state index < -0.39 is 12.1 Å². The third kappa shape index (κ3) is 6.22. The Morgan fingerprint density at radius 1 is 1.12 bits per heavy atom. The molecule has 176 valence electrons. The number of nitrogens with one attached hydrogen (secondary N) is 1. The molecule has 0 aromatic carbocycles. The van der Waals surface area contributed by atoms with Gasteiger partial charge in [0.15, 0.2) is 0 Å². The summed E-state index contributed by atoms with van der Waals surface area (Å²) in [7, 11) is 0. The zero-order valence-electron chi connectivity index (χ0n) is 17.1. The molecule has 4 heterocycles. The number of amides is 2. The van der Waals surface area contributed by atoms with Crippen molar-refractivity contribution in [2.24, 2.45) is 11.8 Å². The number of hydrogen-bond donors (Lipinski definition) is 2. The Kier molecular flexibility index (Phi) is 7.53. The van der Waals surface area contributed by atoms with Crippen molar-refractivity contribution >= 4 is 17.8 Å². The molecule has 0 radical (unpaired) electrons. The lowest BCUT2D eigenvalue weighted by Crippen LogP contribution is -2.35. The smallest absolute Gasteiger partial charge is 0.475 e. The van der Waals surface area contributed by atoms with Gasteiger partial charge in [0.05, 0.1) is 18.9 Å². The molecule has 13 heteroatoms. The third-order valence-electron chi connectivity index (χ3n) is 5.22. The monoisotopic (exact) mass is 467 g/mol. The molecule has 10 nitrogen and oxygen atoms in total. The number of pyridine rings is 1. The Morgan fingerprint density at radius 2 is 1.82 bits per heavy atom. The zero-order valence-corrected chi connectivity index (χ0v) is 17.1. The molecule has 2 aliphatic heterocycles. The SMILES string of the molecule is O=C(NC[C@H]1CO[C@@H]2CN(C(=O)c3cnccn3)C[C@H]12)c1ccncc1.O=C(O)C(F)(F)F. The lowest BCUT2D eigenvalue weighted by atomic mass is 9.93. The largest absolute Gasteiger partial charge is 0.490 e. The van der Waals surface area contributed by atoms with Crippen molar-refractivity contribution in [1.29, 1.82) is 0 Å². The lowest BCUT2D eigenvalue weighted by Gasteiger charge is -2.19. The second-order valence-electron chi connectivity index (χ2n) is 7.35. The Balaban J connectivity index is 0.000000383. The van der Waals surface area contributed by atoms with Gasteiger partial charge >= 0.3 is 12.1 Å². The van der Waals surface area contributed by atoms with Crippen LogP contribution in [0.5, 0.6) is 0 Å². The molecular weight excluding hydrogens is 447 g/mol. The summed E-state index contributed by atoms with van der Waals surface area (Å²) in [4.78, 5) is 47.3. The average Bonchev–Trinajstić information content (AvgIpc) is 3.39. The Bertz CT molecular complexity index is 977. The van der Waals surface area contributed by atoms with Gasteiger partial charge in [0.2, 0.25) is 0 Å². The number of halogens is 3. The summed E-state index contributed by atoms with van der Waals surface area (Å²) in [5, 5.41) is 10.1. The van der Waals surface area contributed by atoms with Crippen molar-refractivity contribution in [3.05, 3.63) is 54.4 Å². The van der Waals surface area contributed by atoms with Gasteiger partial charge in [-0.15, -0.1) is 0 Å². The summed E-state index contributed by atoms with van der Waals surface area (Å²) in [6.45, 7) is 2.28. The molecule has 0 bridgehead atoms. The fourth-order valence-corrected chi connectivity index (χ4v) is 3.58. The Morgan fingerprint density at radius 3 is 2.42 bits per heavy atom.